The van der Waals surface area contributed by atoms with E-state index >= 15 is 0 Å². The van der Waals surface area contributed by atoms with Crippen molar-refractivity contribution >= 4 is 0 Å². The van der Waals surface area contributed by atoms with Gasteiger partial charge in [0, 0.05) is 0 Å². The van der Waals surface area contributed by atoms with Gasteiger partial charge in [-0.2, -0.15) is 11.6 Å². The van der Waals surface area contributed by atoms with E-state index in [2.05, 4.69) is 58.0 Å². The Hall–Kier alpha value is -0.300. The van der Waals surface area contributed by atoms with E-state index in [1.165, 1.54) is 27.8 Å². The van der Waals surface area contributed by atoms with Crippen molar-refractivity contribution in [3.05, 3.63) is 47.0 Å². The molecule has 0 aliphatic heterocycles. The maximum absolute atomic E-state index is 3.34. The Morgan fingerprint density at radius 1 is 1.06 bits per heavy atom. The first-order chi connectivity index (χ1) is 7.09. The van der Waals surface area contributed by atoms with Gasteiger partial charge < -0.3 is 0 Å². The van der Waals surface area contributed by atoms with Gasteiger partial charge in [0.1, 0.15) is 0 Å². The van der Waals surface area contributed by atoms with Crippen LogP contribution in [0.4, 0.5) is 0 Å². The zero-order valence-electron chi connectivity index (χ0n) is 10.9. The second-order valence-electron chi connectivity index (χ2n) is 4.58. The molecule has 0 nitrogen and oxygen atoms in total. The third-order valence-corrected chi connectivity index (χ3v) is 3.02. The number of aryl methyl sites for hydroxylation is 2. The van der Waals surface area contributed by atoms with Gasteiger partial charge in [0.25, 0.3) is 0 Å². The first-order valence-electron chi connectivity index (χ1n) is 5.51. The molecule has 16 heavy (non-hydrogen) atoms. The van der Waals surface area contributed by atoms with Crippen molar-refractivity contribution in [2.24, 2.45) is 0 Å². The Bertz CT molecular complexity index is 457. The topological polar surface area (TPSA) is 0 Å². The van der Waals surface area contributed by atoms with Gasteiger partial charge in [-0.25, -0.2) is 0 Å². The predicted molar refractivity (Wildman–Crippen MR) is 65.5 cm³/mol. The Morgan fingerprint density at radius 3 is 2.38 bits per heavy atom. The predicted octanol–water partition coefficient (Wildman–Crippen LogP) is 1.34. The minimum absolute atomic E-state index is 0. The van der Waals surface area contributed by atoms with Crippen molar-refractivity contribution in [2.45, 2.75) is 33.6 Å². The Morgan fingerprint density at radius 2 is 1.75 bits per heavy atom. The van der Waals surface area contributed by atoms with Crippen LogP contribution in [0.2, 0.25) is 0 Å². The van der Waals surface area contributed by atoms with Gasteiger partial charge in [0.2, 0.25) is 0 Å². The normalized spacial score (nSPS) is 10.6. The van der Waals surface area contributed by atoms with Crippen molar-refractivity contribution in [1.29, 1.82) is 0 Å². The second kappa shape index (κ2) is 5.35. The van der Waals surface area contributed by atoms with Crippen molar-refractivity contribution < 1.29 is 29.6 Å². The summed E-state index contributed by atoms with van der Waals surface area (Å²) in [5.41, 5.74) is 6.65. The molecule has 0 N–H and O–H groups in total. The van der Waals surface area contributed by atoms with Gasteiger partial charge >= 0.3 is 29.6 Å². The molecule has 0 saturated heterocycles. The zero-order valence-corrected chi connectivity index (χ0v) is 12.9. The molecule has 0 aromatic carbocycles. The Labute approximate surface area is 121 Å². The summed E-state index contributed by atoms with van der Waals surface area (Å²) in [4.78, 5) is 0. The number of rotatable bonds is 1. The molecule has 2 rings (SSSR count). The largest absolute Gasteiger partial charge is 1.00 e. The van der Waals surface area contributed by atoms with Crippen LogP contribution in [0.25, 0.3) is 11.1 Å². The maximum Gasteiger partial charge on any atom is 1.00 e. The van der Waals surface area contributed by atoms with Crippen LogP contribution < -0.4 is 29.6 Å². The summed E-state index contributed by atoms with van der Waals surface area (Å²) < 4.78 is 0. The van der Waals surface area contributed by atoms with Gasteiger partial charge in [-0.3, -0.25) is 0 Å². The summed E-state index contributed by atoms with van der Waals surface area (Å²) in [6, 6.07) is 12.2. The summed E-state index contributed by atoms with van der Waals surface area (Å²) >= 11 is 0. The number of fused-ring (bicyclic) bond motifs is 1. The number of hydrogen-bond acceptors (Lipinski definition) is 0. The quantitative estimate of drug-likeness (QED) is 0.502. The summed E-state index contributed by atoms with van der Waals surface area (Å²) in [6.07, 6.45) is 0. The summed E-state index contributed by atoms with van der Waals surface area (Å²) in [7, 11) is 0. The molecular weight excluding hydrogens is 203 g/mol. The first kappa shape index (κ1) is 13.8. The van der Waals surface area contributed by atoms with Crippen molar-refractivity contribution in [1.82, 2.24) is 0 Å². The molecule has 0 spiro atoms. The summed E-state index contributed by atoms with van der Waals surface area (Å²) in [5.74, 6) is 0.578. The molecule has 0 unspecified atom stereocenters. The van der Waals surface area contributed by atoms with E-state index in [1.807, 2.05) is 0 Å². The standard InChI is InChI=1S/C15H17.Na/c1-10(2)13-7-5-11(3)14-8-6-12(4)15(14)9-13;/h5-7,9-10H,1-4H3;/q-1;+1. The van der Waals surface area contributed by atoms with E-state index in [4.69, 9.17) is 0 Å². The third-order valence-electron chi connectivity index (χ3n) is 3.02. The molecule has 0 amide bonds. The van der Waals surface area contributed by atoms with Crippen LogP contribution in [-0.4, -0.2) is 0 Å². The van der Waals surface area contributed by atoms with Gasteiger partial charge in [0.15, 0.2) is 0 Å². The van der Waals surface area contributed by atoms with E-state index in [0.717, 1.165) is 0 Å². The smallest absolute Gasteiger partial charge is 0.157 e. The Kier molecular flexibility index (Phi) is 4.61. The molecule has 1 heteroatoms. The molecule has 78 valence electrons. The van der Waals surface area contributed by atoms with Crippen LogP contribution in [0, 0.1) is 19.9 Å². The van der Waals surface area contributed by atoms with Crippen molar-refractivity contribution in [3.63, 3.8) is 0 Å². The van der Waals surface area contributed by atoms with Crippen LogP contribution in [-0.2, 0) is 0 Å². The third kappa shape index (κ3) is 2.51. The van der Waals surface area contributed by atoms with Gasteiger partial charge in [-0.05, 0) is 5.92 Å². The maximum atomic E-state index is 3.34. The van der Waals surface area contributed by atoms with E-state index in [1.54, 1.807) is 0 Å². The minimum Gasteiger partial charge on any atom is -0.157 e. The average Bonchev–Trinajstić information content (AvgIpc) is 2.43. The molecule has 0 bridgehead atoms. The molecule has 0 aromatic heterocycles. The molecule has 0 radical (unpaired) electrons. The van der Waals surface area contributed by atoms with Crippen molar-refractivity contribution in [3.8, 4) is 11.1 Å². The van der Waals surface area contributed by atoms with Crippen LogP contribution in [0.15, 0.2) is 24.3 Å². The van der Waals surface area contributed by atoms with Crippen LogP contribution in [0.3, 0.4) is 0 Å². The minimum atomic E-state index is 0. The molecule has 0 saturated carbocycles. The summed E-state index contributed by atoms with van der Waals surface area (Å²) in [5, 5.41) is 0. The fraction of sp³-hybridized carbons (Fsp3) is 0.333. The van der Waals surface area contributed by atoms with Gasteiger partial charge in [-0.1, -0.05) is 39.3 Å². The zero-order chi connectivity index (χ0) is 11.0. The number of hydrogen-bond donors (Lipinski definition) is 0. The fourth-order valence-corrected chi connectivity index (χ4v) is 1.92. The van der Waals surface area contributed by atoms with Gasteiger partial charge in [0.05, 0.1) is 0 Å². The van der Waals surface area contributed by atoms with E-state index in [0.29, 0.717) is 5.92 Å². The second-order valence-corrected chi connectivity index (χ2v) is 4.58. The monoisotopic (exact) mass is 220 g/mol. The molecule has 0 heterocycles. The molecule has 0 atom stereocenters. The van der Waals surface area contributed by atoms with E-state index in [9.17, 15) is 0 Å². The van der Waals surface area contributed by atoms with Crippen molar-refractivity contribution in [2.75, 3.05) is 0 Å². The van der Waals surface area contributed by atoms with Crippen LogP contribution in [0.5, 0.6) is 0 Å². The van der Waals surface area contributed by atoms with Crippen LogP contribution in [0.1, 0.15) is 36.5 Å². The molecule has 0 aromatic rings. The Balaban J connectivity index is 0.00000128. The SMILES string of the molecule is Cc1ccc(C(C)C)cc2c(C)c[c-]c1-2.[Na+]. The summed E-state index contributed by atoms with van der Waals surface area (Å²) in [6.45, 7) is 8.78. The molecule has 0 fully saturated rings. The average molecular weight is 220 g/mol. The van der Waals surface area contributed by atoms with Crippen LogP contribution >= 0.6 is 0 Å². The molecule has 2 aliphatic rings. The molecular formula is C15H17Na. The van der Waals surface area contributed by atoms with E-state index in [-0.39, 0.29) is 29.6 Å². The van der Waals surface area contributed by atoms with E-state index < -0.39 is 0 Å². The molecule has 2 aliphatic carbocycles. The first-order valence-corrected chi connectivity index (χ1v) is 5.51. The fourth-order valence-electron chi connectivity index (χ4n) is 1.92. The van der Waals surface area contributed by atoms with Gasteiger partial charge in [-0.15, -0.1) is 34.9 Å².